The van der Waals surface area contributed by atoms with Crippen molar-refractivity contribution in [3.8, 4) is 0 Å². The number of hydrogen-bond acceptors (Lipinski definition) is 2. The van der Waals surface area contributed by atoms with E-state index in [-0.39, 0.29) is 11.3 Å². The molecule has 0 saturated heterocycles. The lowest BCUT2D eigenvalue weighted by molar-refractivity contribution is 0.0697. The smallest absolute Gasteiger partial charge is 0.335 e. The highest BCUT2D eigenvalue weighted by molar-refractivity contribution is 6.00. The van der Waals surface area contributed by atoms with E-state index in [9.17, 15) is 18.4 Å². The van der Waals surface area contributed by atoms with Crippen molar-refractivity contribution in [1.82, 2.24) is 0 Å². The average molecular weight is 292 g/mol. The Bertz CT molecular complexity index is 687. The molecule has 3 N–H and O–H groups in total. The SMILES string of the molecule is O=C(Nc1ccc(C(=O)O)cc1)Nc1ccc(F)cc1F. The third kappa shape index (κ3) is 3.75. The van der Waals surface area contributed by atoms with Gasteiger partial charge in [-0.1, -0.05) is 0 Å². The topological polar surface area (TPSA) is 78.4 Å². The van der Waals surface area contributed by atoms with E-state index < -0.39 is 23.6 Å². The molecule has 2 amide bonds. The second-order valence-corrected chi connectivity index (χ2v) is 4.09. The molecule has 0 unspecified atom stereocenters. The monoisotopic (exact) mass is 292 g/mol. The Kier molecular flexibility index (Phi) is 4.13. The molecule has 0 aliphatic rings. The summed E-state index contributed by atoms with van der Waals surface area (Å²) in [6.07, 6.45) is 0. The number of aromatic carboxylic acids is 1. The summed E-state index contributed by atoms with van der Waals surface area (Å²) in [6, 6.07) is 7.44. The van der Waals surface area contributed by atoms with Crippen LogP contribution in [0.4, 0.5) is 25.0 Å². The average Bonchev–Trinajstić information content (AvgIpc) is 2.42. The lowest BCUT2D eigenvalue weighted by Crippen LogP contribution is -2.20. The molecule has 7 heteroatoms. The van der Waals surface area contributed by atoms with Crippen LogP contribution in [0.2, 0.25) is 0 Å². The molecule has 2 aromatic rings. The Morgan fingerprint density at radius 3 is 2.19 bits per heavy atom. The molecular formula is C14H10F2N2O3. The van der Waals surface area contributed by atoms with Gasteiger partial charge in [-0.2, -0.15) is 0 Å². The van der Waals surface area contributed by atoms with Gasteiger partial charge in [0, 0.05) is 11.8 Å². The number of amides is 2. The predicted octanol–water partition coefficient (Wildman–Crippen LogP) is 3.31. The lowest BCUT2D eigenvalue weighted by atomic mass is 10.2. The zero-order valence-corrected chi connectivity index (χ0v) is 10.6. The summed E-state index contributed by atoms with van der Waals surface area (Å²) < 4.78 is 26.1. The van der Waals surface area contributed by atoms with Gasteiger partial charge in [-0.25, -0.2) is 18.4 Å². The summed E-state index contributed by atoms with van der Waals surface area (Å²) in [5, 5.41) is 13.3. The summed E-state index contributed by atoms with van der Waals surface area (Å²) in [7, 11) is 0. The lowest BCUT2D eigenvalue weighted by Gasteiger charge is -2.08. The van der Waals surface area contributed by atoms with E-state index in [1.54, 1.807) is 0 Å². The molecule has 2 aromatic carbocycles. The van der Waals surface area contributed by atoms with Crippen molar-refractivity contribution in [3.63, 3.8) is 0 Å². The molecular weight excluding hydrogens is 282 g/mol. The summed E-state index contributed by atoms with van der Waals surface area (Å²) >= 11 is 0. The number of nitrogens with one attached hydrogen (secondary N) is 2. The van der Waals surface area contributed by atoms with Gasteiger partial charge in [-0.3, -0.25) is 0 Å². The fourth-order valence-electron chi connectivity index (χ4n) is 1.57. The van der Waals surface area contributed by atoms with Crippen LogP contribution in [0.3, 0.4) is 0 Å². The minimum Gasteiger partial charge on any atom is -0.478 e. The first-order valence-electron chi connectivity index (χ1n) is 5.82. The quantitative estimate of drug-likeness (QED) is 0.812. The van der Waals surface area contributed by atoms with Gasteiger partial charge in [0.15, 0.2) is 0 Å². The Labute approximate surface area is 118 Å². The highest BCUT2D eigenvalue weighted by atomic mass is 19.1. The van der Waals surface area contributed by atoms with Gasteiger partial charge < -0.3 is 15.7 Å². The molecule has 0 fully saturated rings. The van der Waals surface area contributed by atoms with Gasteiger partial charge in [0.05, 0.1) is 11.3 Å². The Hall–Kier alpha value is -2.96. The van der Waals surface area contributed by atoms with Crippen molar-refractivity contribution in [2.24, 2.45) is 0 Å². The molecule has 0 saturated carbocycles. The van der Waals surface area contributed by atoms with Crippen LogP contribution in [0.25, 0.3) is 0 Å². The summed E-state index contributed by atoms with van der Waals surface area (Å²) in [6.45, 7) is 0. The minimum absolute atomic E-state index is 0.0746. The number of carbonyl (C=O) groups excluding carboxylic acids is 1. The third-order valence-electron chi connectivity index (χ3n) is 2.57. The van der Waals surface area contributed by atoms with Crippen molar-refractivity contribution in [1.29, 1.82) is 0 Å². The Balaban J connectivity index is 2.02. The van der Waals surface area contributed by atoms with Gasteiger partial charge in [-0.05, 0) is 36.4 Å². The number of benzene rings is 2. The van der Waals surface area contributed by atoms with Crippen molar-refractivity contribution in [2.45, 2.75) is 0 Å². The van der Waals surface area contributed by atoms with E-state index in [0.29, 0.717) is 11.8 Å². The van der Waals surface area contributed by atoms with E-state index in [2.05, 4.69) is 10.6 Å². The highest BCUT2D eigenvalue weighted by Gasteiger charge is 2.08. The third-order valence-corrected chi connectivity index (χ3v) is 2.57. The van der Waals surface area contributed by atoms with E-state index in [1.165, 1.54) is 24.3 Å². The first-order chi connectivity index (χ1) is 9.95. The fraction of sp³-hybridized carbons (Fsp3) is 0. The summed E-state index contributed by atoms with van der Waals surface area (Å²) in [4.78, 5) is 22.3. The molecule has 0 aliphatic carbocycles. The minimum atomic E-state index is -1.08. The van der Waals surface area contributed by atoms with E-state index in [1.807, 2.05) is 0 Å². The Morgan fingerprint density at radius 1 is 0.952 bits per heavy atom. The number of rotatable bonds is 3. The molecule has 0 atom stereocenters. The number of anilines is 2. The number of halogens is 2. The van der Waals surface area contributed by atoms with Gasteiger partial charge in [0.1, 0.15) is 11.6 Å². The molecule has 0 heterocycles. The van der Waals surface area contributed by atoms with E-state index >= 15 is 0 Å². The molecule has 5 nitrogen and oxygen atoms in total. The number of carbonyl (C=O) groups is 2. The van der Waals surface area contributed by atoms with Crippen LogP contribution < -0.4 is 10.6 Å². The number of carboxylic acid groups (broad SMARTS) is 1. The largest absolute Gasteiger partial charge is 0.478 e. The molecule has 0 aliphatic heterocycles. The number of carboxylic acids is 1. The summed E-state index contributed by atoms with van der Waals surface area (Å²) in [5.74, 6) is -2.73. The maximum absolute atomic E-state index is 13.3. The first kappa shape index (κ1) is 14.4. The molecule has 0 bridgehead atoms. The molecule has 0 aromatic heterocycles. The van der Waals surface area contributed by atoms with Crippen molar-refractivity contribution < 1.29 is 23.5 Å². The number of urea groups is 1. The van der Waals surface area contributed by atoms with Gasteiger partial charge in [0.25, 0.3) is 0 Å². The zero-order valence-electron chi connectivity index (χ0n) is 10.6. The molecule has 0 spiro atoms. The van der Waals surface area contributed by atoms with Gasteiger partial charge >= 0.3 is 12.0 Å². The summed E-state index contributed by atoms with van der Waals surface area (Å²) in [5.41, 5.74) is 0.238. The van der Waals surface area contributed by atoms with Gasteiger partial charge in [-0.15, -0.1) is 0 Å². The van der Waals surface area contributed by atoms with Crippen LogP contribution in [-0.2, 0) is 0 Å². The fourth-order valence-corrected chi connectivity index (χ4v) is 1.57. The molecule has 108 valence electrons. The molecule has 21 heavy (non-hydrogen) atoms. The van der Waals surface area contributed by atoms with Crippen molar-refractivity contribution >= 4 is 23.4 Å². The van der Waals surface area contributed by atoms with Crippen LogP contribution in [0, 0.1) is 11.6 Å². The second kappa shape index (κ2) is 6.00. The molecule has 2 rings (SSSR count). The Morgan fingerprint density at radius 2 is 1.62 bits per heavy atom. The van der Waals surface area contributed by atoms with E-state index in [0.717, 1.165) is 12.1 Å². The standard InChI is InChI=1S/C14H10F2N2O3/c15-9-3-6-12(11(16)7-9)18-14(21)17-10-4-1-8(2-5-10)13(19)20/h1-7H,(H,19,20)(H2,17,18,21). The van der Waals surface area contributed by atoms with Crippen LogP contribution >= 0.6 is 0 Å². The van der Waals surface area contributed by atoms with Crippen LogP contribution in [0.15, 0.2) is 42.5 Å². The van der Waals surface area contributed by atoms with Crippen molar-refractivity contribution in [3.05, 3.63) is 59.7 Å². The predicted molar refractivity (Wildman–Crippen MR) is 72.4 cm³/mol. The normalized spacial score (nSPS) is 10.0. The van der Waals surface area contributed by atoms with Crippen LogP contribution in [0.5, 0.6) is 0 Å². The number of hydrogen-bond donors (Lipinski definition) is 3. The van der Waals surface area contributed by atoms with Crippen LogP contribution in [0.1, 0.15) is 10.4 Å². The highest BCUT2D eigenvalue weighted by Crippen LogP contribution is 2.16. The van der Waals surface area contributed by atoms with Crippen LogP contribution in [-0.4, -0.2) is 17.1 Å². The van der Waals surface area contributed by atoms with Gasteiger partial charge in [0.2, 0.25) is 0 Å². The first-order valence-corrected chi connectivity index (χ1v) is 5.82. The maximum Gasteiger partial charge on any atom is 0.335 e. The second-order valence-electron chi connectivity index (χ2n) is 4.09. The molecule has 0 radical (unpaired) electrons. The maximum atomic E-state index is 13.3. The van der Waals surface area contributed by atoms with Crippen molar-refractivity contribution in [2.75, 3.05) is 10.6 Å². The van der Waals surface area contributed by atoms with E-state index in [4.69, 9.17) is 5.11 Å². The zero-order chi connectivity index (χ0) is 15.4.